The number of hydrogen-bond acceptors (Lipinski definition) is 5. The number of hydrogen-bond donors (Lipinski definition) is 2. The van der Waals surface area contributed by atoms with E-state index < -0.39 is 15.9 Å². The predicted molar refractivity (Wildman–Crippen MR) is 93.4 cm³/mol. The number of sulfonamides is 1. The number of fused-ring (bicyclic) bond motifs is 1. The van der Waals surface area contributed by atoms with Crippen molar-refractivity contribution >= 4 is 33.2 Å². The molecule has 0 radical (unpaired) electrons. The summed E-state index contributed by atoms with van der Waals surface area (Å²) in [4.78, 5) is 11.6. The molecule has 1 amide bonds. The Morgan fingerprint density at radius 3 is 3.00 bits per heavy atom. The van der Waals surface area contributed by atoms with Gasteiger partial charge in [0, 0.05) is 25.0 Å². The number of carbonyl (C=O) groups is 1. The molecular formula is C16H16N4O4S. The van der Waals surface area contributed by atoms with Gasteiger partial charge in [-0.2, -0.15) is 5.10 Å². The summed E-state index contributed by atoms with van der Waals surface area (Å²) >= 11 is 0. The normalized spacial score (nSPS) is 11.8. The number of pyridine rings is 1. The lowest BCUT2D eigenvalue weighted by Crippen LogP contribution is -2.30. The first-order valence-electron chi connectivity index (χ1n) is 7.45. The molecule has 0 aliphatic carbocycles. The smallest absolute Gasteiger partial charge is 0.244 e. The first-order chi connectivity index (χ1) is 12.0. The van der Waals surface area contributed by atoms with Crippen LogP contribution in [0, 0.1) is 0 Å². The molecular weight excluding hydrogens is 344 g/mol. The lowest BCUT2D eigenvalue weighted by atomic mass is 10.4. The standard InChI is InChI=1S/C16H16N4O4S/c21-16(4-3-15-2-1-10-24-15)17-8-11-25(22,23)19-13-6-9-20-14(12-13)5-7-18-20/h1-7,9-10,12,19H,8,11H2,(H,17,21)/b4-3+. The third-order valence-electron chi connectivity index (χ3n) is 3.29. The summed E-state index contributed by atoms with van der Waals surface area (Å²) < 4.78 is 33.3. The first kappa shape index (κ1) is 16.8. The molecule has 0 aliphatic heterocycles. The summed E-state index contributed by atoms with van der Waals surface area (Å²) in [5, 5.41) is 6.55. The molecule has 0 bridgehead atoms. The molecule has 0 spiro atoms. The zero-order valence-electron chi connectivity index (χ0n) is 13.1. The number of rotatable bonds is 7. The van der Waals surface area contributed by atoms with Gasteiger partial charge in [0.1, 0.15) is 5.76 Å². The molecule has 130 valence electrons. The number of amides is 1. The van der Waals surface area contributed by atoms with Gasteiger partial charge < -0.3 is 9.73 Å². The number of nitrogens with one attached hydrogen (secondary N) is 2. The van der Waals surface area contributed by atoms with E-state index in [-0.39, 0.29) is 12.3 Å². The molecule has 9 heteroatoms. The second-order valence-electron chi connectivity index (χ2n) is 5.18. The second kappa shape index (κ2) is 7.22. The van der Waals surface area contributed by atoms with Gasteiger partial charge in [0.2, 0.25) is 15.9 Å². The van der Waals surface area contributed by atoms with Crippen molar-refractivity contribution in [3.63, 3.8) is 0 Å². The number of anilines is 1. The molecule has 0 unspecified atom stereocenters. The molecule has 2 N–H and O–H groups in total. The van der Waals surface area contributed by atoms with Crippen LogP contribution in [0.3, 0.4) is 0 Å². The summed E-state index contributed by atoms with van der Waals surface area (Å²) in [6.07, 6.45) is 7.57. The van der Waals surface area contributed by atoms with Crippen molar-refractivity contribution in [3.8, 4) is 0 Å². The van der Waals surface area contributed by atoms with Gasteiger partial charge in [-0.05, 0) is 36.4 Å². The Kier molecular flexibility index (Phi) is 4.85. The number of furan rings is 1. The van der Waals surface area contributed by atoms with Crippen molar-refractivity contribution in [1.82, 2.24) is 14.9 Å². The van der Waals surface area contributed by atoms with E-state index in [1.165, 1.54) is 18.4 Å². The minimum atomic E-state index is -3.58. The van der Waals surface area contributed by atoms with Crippen molar-refractivity contribution in [2.24, 2.45) is 0 Å². The summed E-state index contributed by atoms with van der Waals surface area (Å²) in [6.45, 7) is -0.00834. The molecule has 3 rings (SSSR count). The summed E-state index contributed by atoms with van der Waals surface area (Å²) in [6, 6.07) is 8.47. The molecule has 0 atom stereocenters. The highest BCUT2D eigenvalue weighted by atomic mass is 32.2. The number of carbonyl (C=O) groups excluding carboxylic acids is 1. The van der Waals surface area contributed by atoms with E-state index in [2.05, 4.69) is 15.1 Å². The van der Waals surface area contributed by atoms with Crippen molar-refractivity contribution < 1.29 is 17.6 Å². The van der Waals surface area contributed by atoms with Gasteiger partial charge in [0.15, 0.2) is 0 Å². The molecule has 0 fully saturated rings. The minimum absolute atomic E-state index is 0.00834. The number of aromatic nitrogens is 2. The van der Waals surface area contributed by atoms with Crippen molar-refractivity contribution in [2.75, 3.05) is 17.0 Å². The van der Waals surface area contributed by atoms with Crippen LogP contribution in [0.5, 0.6) is 0 Å². The molecule has 8 nitrogen and oxygen atoms in total. The maximum Gasteiger partial charge on any atom is 0.244 e. The van der Waals surface area contributed by atoms with Gasteiger partial charge >= 0.3 is 0 Å². The molecule has 3 aromatic rings. The van der Waals surface area contributed by atoms with E-state index in [1.54, 1.807) is 47.2 Å². The quantitative estimate of drug-likeness (QED) is 0.621. The van der Waals surface area contributed by atoms with Crippen LogP contribution < -0.4 is 10.0 Å². The monoisotopic (exact) mass is 360 g/mol. The van der Waals surface area contributed by atoms with Crippen molar-refractivity contribution in [1.29, 1.82) is 0 Å². The van der Waals surface area contributed by atoms with E-state index in [1.807, 2.05) is 0 Å². The zero-order valence-corrected chi connectivity index (χ0v) is 13.9. The lowest BCUT2D eigenvalue weighted by Gasteiger charge is -2.08. The second-order valence-corrected chi connectivity index (χ2v) is 7.02. The highest BCUT2D eigenvalue weighted by molar-refractivity contribution is 7.92. The Balaban J connectivity index is 1.50. The van der Waals surface area contributed by atoms with E-state index >= 15 is 0 Å². The average molecular weight is 360 g/mol. The van der Waals surface area contributed by atoms with Gasteiger partial charge in [-0.3, -0.25) is 9.52 Å². The maximum atomic E-state index is 12.1. The Hall–Kier alpha value is -3.07. The Bertz CT molecular complexity index is 990. The lowest BCUT2D eigenvalue weighted by molar-refractivity contribution is -0.116. The van der Waals surface area contributed by atoms with E-state index in [9.17, 15) is 13.2 Å². The van der Waals surface area contributed by atoms with Crippen LogP contribution in [0.15, 0.2) is 59.5 Å². The van der Waals surface area contributed by atoms with Crippen LogP contribution in [-0.4, -0.2) is 36.2 Å². The van der Waals surface area contributed by atoms with Gasteiger partial charge in [0.05, 0.1) is 23.2 Å². The zero-order chi connectivity index (χ0) is 17.7. The molecule has 0 aromatic carbocycles. The first-order valence-corrected chi connectivity index (χ1v) is 9.10. The van der Waals surface area contributed by atoms with Crippen molar-refractivity contribution in [3.05, 3.63) is 60.8 Å². The third kappa shape index (κ3) is 4.70. The van der Waals surface area contributed by atoms with Gasteiger partial charge in [0.25, 0.3) is 0 Å². The van der Waals surface area contributed by atoms with Crippen LogP contribution in [0.2, 0.25) is 0 Å². The van der Waals surface area contributed by atoms with Crippen LogP contribution in [-0.2, 0) is 14.8 Å². The fraction of sp³-hybridized carbons (Fsp3) is 0.125. The molecule has 0 saturated heterocycles. The van der Waals surface area contributed by atoms with Crippen molar-refractivity contribution in [2.45, 2.75) is 0 Å². The minimum Gasteiger partial charge on any atom is -0.465 e. The molecule has 0 saturated carbocycles. The van der Waals surface area contributed by atoms with Crippen LogP contribution >= 0.6 is 0 Å². The molecule has 3 heterocycles. The number of nitrogens with zero attached hydrogens (tertiary/aromatic N) is 2. The van der Waals surface area contributed by atoms with E-state index in [0.717, 1.165) is 5.52 Å². The van der Waals surface area contributed by atoms with E-state index in [4.69, 9.17) is 4.42 Å². The Morgan fingerprint density at radius 2 is 2.20 bits per heavy atom. The maximum absolute atomic E-state index is 12.1. The Morgan fingerprint density at radius 1 is 1.32 bits per heavy atom. The SMILES string of the molecule is O=C(/C=C/c1ccco1)NCCS(=O)(=O)Nc1ccn2nccc2c1. The fourth-order valence-electron chi connectivity index (χ4n) is 2.13. The summed E-state index contributed by atoms with van der Waals surface area (Å²) in [7, 11) is -3.58. The summed E-state index contributed by atoms with van der Waals surface area (Å²) in [5.74, 6) is -0.0930. The highest BCUT2D eigenvalue weighted by Gasteiger charge is 2.11. The molecule has 0 aliphatic rings. The Labute approximate surface area is 144 Å². The topological polar surface area (TPSA) is 106 Å². The van der Waals surface area contributed by atoms with E-state index in [0.29, 0.717) is 11.4 Å². The summed E-state index contributed by atoms with van der Waals surface area (Å²) in [5.41, 5.74) is 1.22. The highest BCUT2D eigenvalue weighted by Crippen LogP contribution is 2.13. The average Bonchev–Trinajstić information content (AvgIpc) is 3.23. The van der Waals surface area contributed by atoms with Gasteiger partial charge in [-0.25, -0.2) is 12.9 Å². The molecule has 3 aromatic heterocycles. The third-order valence-corrected chi connectivity index (χ3v) is 4.57. The fourth-order valence-corrected chi connectivity index (χ4v) is 3.09. The van der Waals surface area contributed by atoms with Crippen LogP contribution in [0.4, 0.5) is 5.69 Å². The van der Waals surface area contributed by atoms with Crippen LogP contribution in [0.25, 0.3) is 11.6 Å². The molecule has 25 heavy (non-hydrogen) atoms. The predicted octanol–water partition coefficient (Wildman–Crippen LogP) is 1.50. The van der Waals surface area contributed by atoms with Gasteiger partial charge in [-0.1, -0.05) is 0 Å². The van der Waals surface area contributed by atoms with Crippen LogP contribution in [0.1, 0.15) is 5.76 Å². The van der Waals surface area contributed by atoms with Gasteiger partial charge in [-0.15, -0.1) is 0 Å². The largest absolute Gasteiger partial charge is 0.465 e.